The van der Waals surface area contributed by atoms with Crippen LogP contribution in [0, 0.1) is 16.7 Å². The molecule has 0 aliphatic heterocycles. The van der Waals surface area contributed by atoms with E-state index in [1.807, 2.05) is 0 Å². The minimum absolute atomic E-state index is 0.0742. The number of rotatable bonds is 3. The molecular weight excluding hydrogens is 248 g/mol. The van der Waals surface area contributed by atoms with Crippen LogP contribution in [0.25, 0.3) is 0 Å². The van der Waals surface area contributed by atoms with E-state index in [0.29, 0.717) is 12.0 Å². The summed E-state index contributed by atoms with van der Waals surface area (Å²) in [5.74, 6) is 0.604. The summed E-state index contributed by atoms with van der Waals surface area (Å²) in [5.41, 5.74) is 1.62. The number of nitrogens with zero attached hydrogens (tertiary/aromatic N) is 2. The highest BCUT2D eigenvalue weighted by Crippen LogP contribution is 2.66. The fraction of sp³-hybridized carbons (Fsp3) is 0.765. The predicted octanol–water partition coefficient (Wildman–Crippen LogP) is 2.64. The minimum Gasteiger partial charge on any atom is -0.391 e. The van der Waals surface area contributed by atoms with Gasteiger partial charge in [0.25, 0.3) is 0 Å². The number of hydrogen-bond donors (Lipinski definition) is 1. The van der Waals surface area contributed by atoms with Gasteiger partial charge in [0.05, 0.1) is 6.10 Å². The third kappa shape index (κ3) is 1.66. The number of aliphatic hydroxyl groups excluding tert-OH is 1. The molecule has 0 saturated heterocycles. The maximum Gasteiger partial charge on any atom is 0.0756 e. The van der Waals surface area contributed by atoms with E-state index in [-0.39, 0.29) is 16.9 Å². The van der Waals surface area contributed by atoms with Crippen LogP contribution in [0.2, 0.25) is 0 Å². The van der Waals surface area contributed by atoms with Crippen molar-refractivity contribution >= 4 is 0 Å². The predicted molar refractivity (Wildman–Crippen MR) is 81.3 cm³/mol. The number of hydrogen-bond acceptors (Lipinski definition) is 2. The number of fused-ring (bicyclic) bond motifs is 2. The van der Waals surface area contributed by atoms with E-state index in [0.717, 1.165) is 6.54 Å². The van der Waals surface area contributed by atoms with Gasteiger partial charge in [-0.1, -0.05) is 20.8 Å². The van der Waals surface area contributed by atoms with Crippen molar-refractivity contribution in [2.45, 2.75) is 52.3 Å². The van der Waals surface area contributed by atoms with Crippen LogP contribution in [0.1, 0.15) is 39.3 Å². The molecule has 2 bridgehead atoms. The molecule has 0 aromatic carbocycles. The van der Waals surface area contributed by atoms with Gasteiger partial charge >= 0.3 is 0 Å². The highest BCUT2D eigenvalue weighted by Gasteiger charge is 2.66. The van der Waals surface area contributed by atoms with Gasteiger partial charge in [-0.25, -0.2) is 0 Å². The summed E-state index contributed by atoms with van der Waals surface area (Å²) in [7, 11) is 4.26. The topological polar surface area (TPSA) is 28.4 Å². The fourth-order valence-electron chi connectivity index (χ4n) is 4.86. The van der Waals surface area contributed by atoms with Crippen LogP contribution in [0.4, 0.5) is 0 Å². The Morgan fingerprint density at radius 1 is 1.40 bits per heavy atom. The molecule has 0 spiro atoms. The highest BCUT2D eigenvalue weighted by atomic mass is 16.3. The summed E-state index contributed by atoms with van der Waals surface area (Å²) in [5, 5.41) is 10.9. The van der Waals surface area contributed by atoms with Crippen molar-refractivity contribution in [2.24, 2.45) is 23.8 Å². The lowest BCUT2D eigenvalue weighted by Crippen LogP contribution is -2.47. The Labute approximate surface area is 122 Å². The van der Waals surface area contributed by atoms with Gasteiger partial charge in [0.1, 0.15) is 0 Å². The molecule has 3 rings (SSSR count). The van der Waals surface area contributed by atoms with Crippen molar-refractivity contribution in [3.05, 3.63) is 24.0 Å². The second-order valence-corrected chi connectivity index (χ2v) is 7.75. The van der Waals surface area contributed by atoms with E-state index in [1.54, 1.807) is 0 Å². The third-order valence-electron chi connectivity index (χ3n) is 6.73. The normalized spacial score (nSPS) is 38.9. The first-order valence-corrected chi connectivity index (χ1v) is 7.77. The molecule has 2 fully saturated rings. The van der Waals surface area contributed by atoms with Crippen molar-refractivity contribution in [2.75, 3.05) is 7.05 Å². The van der Waals surface area contributed by atoms with Gasteiger partial charge < -0.3 is 9.67 Å². The number of aromatic nitrogens is 1. The quantitative estimate of drug-likeness (QED) is 0.919. The van der Waals surface area contributed by atoms with E-state index in [1.165, 1.54) is 18.5 Å². The SMILES string of the molecule is CN(Cc1cccn1C)[C@H]1[C@H]2CC[C@@](C)([C@H]1O)C2(C)C. The lowest BCUT2D eigenvalue weighted by molar-refractivity contribution is -0.0267. The van der Waals surface area contributed by atoms with Crippen molar-refractivity contribution in [1.29, 1.82) is 0 Å². The van der Waals surface area contributed by atoms with Crippen LogP contribution in [0.5, 0.6) is 0 Å². The fourth-order valence-corrected chi connectivity index (χ4v) is 4.86. The van der Waals surface area contributed by atoms with Crippen molar-refractivity contribution in [3.63, 3.8) is 0 Å². The lowest BCUT2D eigenvalue weighted by Gasteiger charge is -2.39. The molecule has 3 heteroatoms. The Morgan fingerprint density at radius 2 is 2.10 bits per heavy atom. The summed E-state index contributed by atoms with van der Waals surface area (Å²) in [6.07, 6.45) is 4.30. The first-order valence-electron chi connectivity index (χ1n) is 7.77. The van der Waals surface area contributed by atoms with Crippen LogP contribution in [0.15, 0.2) is 18.3 Å². The molecule has 0 unspecified atom stereocenters. The van der Waals surface area contributed by atoms with Crippen molar-refractivity contribution < 1.29 is 5.11 Å². The maximum absolute atomic E-state index is 10.9. The van der Waals surface area contributed by atoms with E-state index < -0.39 is 0 Å². The van der Waals surface area contributed by atoms with Gasteiger partial charge in [-0.15, -0.1) is 0 Å². The Balaban J connectivity index is 1.83. The molecule has 2 aliphatic carbocycles. The van der Waals surface area contributed by atoms with Crippen LogP contribution in [0.3, 0.4) is 0 Å². The summed E-state index contributed by atoms with van der Waals surface area (Å²) in [6.45, 7) is 7.90. The maximum atomic E-state index is 10.9. The Hall–Kier alpha value is -0.800. The van der Waals surface area contributed by atoms with Gasteiger partial charge in [0, 0.05) is 36.9 Å². The molecule has 1 N–H and O–H groups in total. The highest BCUT2D eigenvalue weighted by molar-refractivity contribution is 5.18. The number of aliphatic hydroxyl groups is 1. The largest absolute Gasteiger partial charge is 0.391 e. The summed E-state index contributed by atoms with van der Waals surface area (Å²) in [6, 6.07) is 4.55. The van der Waals surface area contributed by atoms with Gasteiger partial charge in [-0.3, -0.25) is 4.90 Å². The summed E-state index contributed by atoms with van der Waals surface area (Å²) >= 11 is 0. The molecule has 112 valence electrons. The number of aryl methyl sites for hydroxylation is 1. The molecule has 0 radical (unpaired) electrons. The molecule has 1 heterocycles. The molecule has 1 aromatic heterocycles. The molecule has 3 nitrogen and oxygen atoms in total. The monoisotopic (exact) mass is 276 g/mol. The zero-order valence-electron chi connectivity index (χ0n) is 13.4. The zero-order valence-corrected chi connectivity index (χ0v) is 13.4. The Bertz CT molecular complexity index is 507. The van der Waals surface area contributed by atoms with Crippen LogP contribution in [-0.2, 0) is 13.6 Å². The Morgan fingerprint density at radius 3 is 2.60 bits per heavy atom. The average Bonchev–Trinajstić information content (AvgIpc) is 2.90. The van der Waals surface area contributed by atoms with Crippen LogP contribution >= 0.6 is 0 Å². The van der Waals surface area contributed by atoms with Crippen molar-refractivity contribution in [3.8, 4) is 0 Å². The smallest absolute Gasteiger partial charge is 0.0756 e. The minimum atomic E-state index is -0.207. The van der Waals surface area contributed by atoms with E-state index in [9.17, 15) is 5.11 Å². The summed E-state index contributed by atoms with van der Waals surface area (Å²) < 4.78 is 2.17. The standard InChI is InChI=1S/C17H28N2O/c1-16(2)13-8-9-17(16,3)15(20)14(13)19(5)11-12-7-6-10-18(12)4/h6-7,10,13-15,20H,8-9,11H2,1-5H3/t13-,14+,15+,17+/m1/s1. The van der Waals surface area contributed by atoms with Crippen LogP contribution < -0.4 is 0 Å². The van der Waals surface area contributed by atoms with Gasteiger partial charge in [0.15, 0.2) is 0 Å². The number of likely N-dealkylation sites (N-methyl/N-ethyl adjacent to an activating group) is 1. The molecule has 4 atom stereocenters. The lowest BCUT2D eigenvalue weighted by atomic mass is 9.70. The summed E-state index contributed by atoms with van der Waals surface area (Å²) in [4.78, 5) is 2.37. The second kappa shape index (κ2) is 4.35. The molecule has 2 aliphatic rings. The molecule has 2 saturated carbocycles. The van der Waals surface area contributed by atoms with Crippen molar-refractivity contribution in [1.82, 2.24) is 9.47 Å². The molecule has 20 heavy (non-hydrogen) atoms. The Kier molecular flexibility index (Phi) is 3.07. The van der Waals surface area contributed by atoms with Gasteiger partial charge in [-0.2, -0.15) is 0 Å². The first kappa shape index (κ1) is 14.2. The van der Waals surface area contributed by atoms with Gasteiger partial charge in [-0.05, 0) is 43.4 Å². The van der Waals surface area contributed by atoms with Gasteiger partial charge in [0.2, 0.25) is 0 Å². The molecule has 0 amide bonds. The third-order valence-corrected chi connectivity index (χ3v) is 6.73. The molecule has 1 aromatic rings. The van der Waals surface area contributed by atoms with Crippen LogP contribution in [-0.4, -0.2) is 33.8 Å². The molecular formula is C17H28N2O. The van der Waals surface area contributed by atoms with E-state index >= 15 is 0 Å². The van der Waals surface area contributed by atoms with E-state index in [4.69, 9.17) is 0 Å². The average molecular weight is 276 g/mol. The second-order valence-electron chi connectivity index (χ2n) is 7.75. The first-order chi connectivity index (χ1) is 9.29. The zero-order chi connectivity index (χ0) is 14.7. The van der Waals surface area contributed by atoms with E-state index in [2.05, 4.69) is 62.7 Å².